The second-order valence-electron chi connectivity index (χ2n) is 17.0. The Morgan fingerprint density at radius 1 is 0.344 bits per heavy atom. The summed E-state index contributed by atoms with van der Waals surface area (Å²) in [4.78, 5) is 2.32. The molecule has 0 bridgehead atoms. The Labute approximate surface area is 370 Å². The van der Waals surface area contributed by atoms with E-state index in [1.54, 1.807) is 0 Å². The zero-order chi connectivity index (χ0) is 42.3. The lowest BCUT2D eigenvalue weighted by Gasteiger charge is -2.26. The van der Waals surface area contributed by atoms with Crippen LogP contribution in [-0.2, 0) is 0 Å². The van der Waals surface area contributed by atoms with Crippen molar-refractivity contribution in [3.63, 3.8) is 0 Å². The van der Waals surface area contributed by atoms with Crippen molar-refractivity contribution in [1.29, 1.82) is 0 Å². The largest absolute Gasteiger partial charge is 0.456 e. The van der Waals surface area contributed by atoms with Gasteiger partial charge in [-0.15, -0.1) is 0 Å². The summed E-state index contributed by atoms with van der Waals surface area (Å²) in [5.41, 5.74) is 14.5. The average molecular weight is 817 g/mol. The van der Waals surface area contributed by atoms with Gasteiger partial charge in [-0.2, -0.15) is 0 Å². The topological polar surface area (TPSA) is 21.3 Å². The number of aromatic nitrogens is 1. The molecular formula is C61H40N2O. The molecule has 0 saturated carbocycles. The first-order chi connectivity index (χ1) is 31.6. The predicted octanol–water partition coefficient (Wildman–Crippen LogP) is 17.3. The first-order valence-electron chi connectivity index (χ1n) is 22.0. The average Bonchev–Trinajstić information content (AvgIpc) is 3.89. The minimum absolute atomic E-state index is 0.873. The number of para-hydroxylation sites is 3. The lowest BCUT2D eigenvalue weighted by molar-refractivity contribution is 0.669. The molecule has 3 nitrogen and oxygen atoms in total. The van der Waals surface area contributed by atoms with Crippen molar-refractivity contribution >= 4 is 93.1 Å². The smallest absolute Gasteiger partial charge is 0.137 e. The molecule has 0 N–H and O–H groups in total. The van der Waals surface area contributed by atoms with Crippen molar-refractivity contribution < 1.29 is 4.42 Å². The van der Waals surface area contributed by atoms with Crippen LogP contribution in [0.15, 0.2) is 229 Å². The van der Waals surface area contributed by atoms with E-state index in [1.165, 1.54) is 76.5 Å². The molecule has 0 aliphatic rings. The lowest BCUT2D eigenvalue weighted by atomic mass is 9.88. The maximum absolute atomic E-state index is 6.38. The maximum Gasteiger partial charge on any atom is 0.137 e. The van der Waals surface area contributed by atoms with Gasteiger partial charge in [-0.1, -0.05) is 157 Å². The second-order valence-corrected chi connectivity index (χ2v) is 17.0. The van der Waals surface area contributed by atoms with Crippen molar-refractivity contribution in [3.05, 3.63) is 230 Å². The Hall–Kier alpha value is -8.40. The zero-order valence-corrected chi connectivity index (χ0v) is 35.2. The van der Waals surface area contributed by atoms with Crippen molar-refractivity contribution in [2.24, 2.45) is 0 Å². The van der Waals surface area contributed by atoms with E-state index in [4.69, 9.17) is 4.42 Å². The molecule has 3 heteroatoms. The van der Waals surface area contributed by atoms with Gasteiger partial charge in [0.1, 0.15) is 11.2 Å². The third-order valence-electron chi connectivity index (χ3n) is 13.2. The number of hydrogen-bond donors (Lipinski definition) is 0. The van der Waals surface area contributed by atoms with Gasteiger partial charge in [0.05, 0.1) is 16.7 Å². The predicted molar refractivity (Wildman–Crippen MR) is 271 cm³/mol. The standard InChI is InChI=1S/C61H40N2O/c1-39-22-29-45(30-23-39)62(47-33-35-51-50-16-8-11-21-58(50)64-59(51)38-47)46-31-26-41(27-32-46)43-28-34-53-55(37-43)61(63-56-19-9-6-14-48(56)49-15-7-10-20-57(49)63)54-18-5-4-17-52(54)60(53)44-25-24-40-12-2-3-13-42(40)36-44/h2-38H,1H3. The second kappa shape index (κ2) is 14.3. The van der Waals surface area contributed by atoms with Crippen LogP contribution < -0.4 is 4.90 Å². The highest BCUT2D eigenvalue weighted by Crippen LogP contribution is 2.46. The molecule has 0 aliphatic heterocycles. The van der Waals surface area contributed by atoms with Gasteiger partial charge in [-0.3, -0.25) is 0 Å². The van der Waals surface area contributed by atoms with Crippen LogP contribution in [0.2, 0.25) is 0 Å². The summed E-state index contributed by atoms with van der Waals surface area (Å²) in [7, 11) is 0. The van der Waals surface area contributed by atoms with Crippen molar-refractivity contribution in [2.45, 2.75) is 6.92 Å². The molecule has 0 saturated heterocycles. The van der Waals surface area contributed by atoms with Crippen molar-refractivity contribution in [1.82, 2.24) is 4.57 Å². The number of anilines is 3. The first-order valence-corrected chi connectivity index (χ1v) is 22.0. The highest BCUT2D eigenvalue weighted by molar-refractivity contribution is 6.21. The van der Waals surface area contributed by atoms with E-state index in [-0.39, 0.29) is 0 Å². The quantitative estimate of drug-likeness (QED) is 0.156. The highest BCUT2D eigenvalue weighted by Gasteiger charge is 2.22. The molecule has 0 amide bonds. The molecule has 300 valence electrons. The number of benzene rings is 11. The Morgan fingerprint density at radius 3 is 1.62 bits per heavy atom. The van der Waals surface area contributed by atoms with Crippen LogP contribution in [0.25, 0.3) is 104 Å². The van der Waals surface area contributed by atoms with E-state index in [0.717, 1.165) is 50.1 Å². The normalized spacial score (nSPS) is 11.8. The minimum Gasteiger partial charge on any atom is -0.456 e. The van der Waals surface area contributed by atoms with Crippen LogP contribution in [0, 0.1) is 6.92 Å². The number of hydrogen-bond acceptors (Lipinski definition) is 2. The molecule has 0 fully saturated rings. The van der Waals surface area contributed by atoms with E-state index in [9.17, 15) is 0 Å². The molecule has 64 heavy (non-hydrogen) atoms. The summed E-state index contributed by atoms with van der Waals surface area (Å²) in [5.74, 6) is 0. The summed E-state index contributed by atoms with van der Waals surface area (Å²) >= 11 is 0. The first kappa shape index (κ1) is 36.3. The van der Waals surface area contributed by atoms with Gasteiger partial charge in [0.15, 0.2) is 0 Å². The SMILES string of the molecule is Cc1ccc(N(c2ccc(-c3ccc4c(-c5ccc6ccccc6c5)c5ccccc5c(-n5c6ccccc6c6ccccc65)c4c3)cc2)c2ccc3c(c2)oc2ccccc23)cc1. The molecule has 0 aliphatic carbocycles. The molecule has 0 radical (unpaired) electrons. The van der Waals surface area contributed by atoms with Crippen molar-refractivity contribution in [3.8, 4) is 27.9 Å². The number of nitrogens with zero attached hydrogens (tertiary/aromatic N) is 2. The molecule has 2 aromatic heterocycles. The zero-order valence-electron chi connectivity index (χ0n) is 35.2. The van der Waals surface area contributed by atoms with Gasteiger partial charge >= 0.3 is 0 Å². The molecule has 11 aromatic carbocycles. The molecule has 2 heterocycles. The van der Waals surface area contributed by atoms with E-state index < -0.39 is 0 Å². The number of fused-ring (bicyclic) bond motifs is 9. The molecular weight excluding hydrogens is 777 g/mol. The summed E-state index contributed by atoms with van der Waals surface area (Å²) < 4.78 is 8.89. The van der Waals surface area contributed by atoms with Crippen LogP contribution in [-0.4, -0.2) is 4.57 Å². The fourth-order valence-electron chi connectivity index (χ4n) is 10.2. The summed E-state index contributed by atoms with van der Waals surface area (Å²) in [5, 5.41) is 12.1. The van der Waals surface area contributed by atoms with Gasteiger partial charge in [0.2, 0.25) is 0 Å². The number of rotatable bonds is 6. The fraction of sp³-hybridized carbons (Fsp3) is 0.0164. The van der Waals surface area contributed by atoms with Gasteiger partial charge in [-0.05, 0) is 117 Å². The van der Waals surface area contributed by atoms with E-state index in [2.05, 4.69) is 229 Å². The van der Waals surface area contributed by atoms with E-state index >= 15 is 0 Å². The molecule has 13 rings (SSSR count). The fourth-order valence-corrected chi connectivity index (χ4v) is 10.2. The molecule has 0 spiro atoms. The summed E-state index contributed by atoms with van der Waals surface area (Å²) in [6, 6.07) is 81.9. The Kier molecular flexibility index (Phi) is 8.13. The van der Waals surface area contributed by atoms with Crippen LogP contribution in [0.1, 0.15) is 5.56 Å². The van der Waals surface area contributed by atoms with Gasteiger partial charge in [-0.25, -0.2) is 0 Å². The molecule has 0 unspecified atom stereocenters. The maximum atomic E-state index is 6.38. The van der Waals surface area contributed by atoms with Gasteiger partial charge in [0.25, 0.3) is 0 Å². The van der Waals surface area contributed by atoms with Gasteiger partial charge < -0.3 is 13.9 Å². The van der Waals surface area contributed by atoms with E-state index in [1.807, 2.05) is 12.1 Å². The van der Waals surface area contributed by atoms with E-state index in [0.29, 0.717) is 0 Å². The van der Waals surface area contributed by atoms with Crippen LogP contribution >= 0.6 is 0 Å². The highest BCUT2D eigenvalue weighted by atomic mass is 16.3. The molecule has 0 atom stereocenters. The van der Waals surface area contributed by atoms with Gasteiger partial charge in [0, 0.05) is 55.4 Å². The summed E-state index contributed by atoms with van der Waals surface area (Å²) in [6.07, 6.45) is 0. The van der Waals surface area contributed by atoms with Crippen LogP contribution in [0.4, 0.5) is 17.1 Å². The third-order valence-corrected chi connectivity index (χ3v) is 13.2. The Balaban J connectivity index is 1.02. The Bertz CT molecular complexity index is 3910. The number of aryl methyl sites for hydroxylation is 1. The minimum atomic E-state index is 0.873. The van der Waals surface area contributed by atoms with Crippen molar-refractivity contribution in [2.75, 3.05) is 4.90 Å². The summed E-state index contributed by atoms with van der Waals surface area (Å²) in [6.45, 7) is 2.13. The number of furan rings is 1. The third kappa shape index (κ3) is 5.68. The monoisotopic (exact) mass is 816 g/mol. The Morgan fingerprint density at radius 2 is 0.875 bits per heavy atom. The molecule has 13 aromatic rings. The lowest BCUT2D eigenvalue weighted by Crippen LogP contribution is -2.09. The van der Waals surface area contributed by atoms with Crippen LogP contribution in [0.3, 0.4) is 0 Å². The van der Waals surface area contributed by atoms with Crippen LogP contribution in [0.5, 0.6) is 0 Å².